The van der Waals surface area contributed by atoms with Crippen molar-refractivity contribution in [2.24, 2.45) is 0 Å². The van der Waals surface area contributed by atoms with Crippen LogP contribution in [-0.4, -0.2) is 64.5 Å². The smallest absolute Gasteiger partial charge is 0.227 e. The molecule has 1 heterocycles. The van der Waals surface area contributed by atoms with Crippen molar-refractivity contribution in [3.63, 3.8) is 0 Å². The fourth-order valence-corrected chi connectivity index (χ4v) is 7.55. The predicted octanol–water partition coefficient (Wildman–Crippen LogP) is 5.43. The quantitative estimate of drug-likeness (QED) is 0.527. The molecule has 1 aliphatic carbocycles. The van der Waals surface area contributed by atoms with Gasteiger partial charge in [-0.1, -0.05) is 29.3 Å². The van der Waals surface area contributed by atoms with E-state index in [4.69, 9.17) is 23.2 Å². The van der Waals surface area contributed by atoms with Gasteiger partial charge in [0.1, 0.15) is 0 Å². The molecule has 1 aromatic rings. The van der Waals surface area contributed by atoms with Gasteiger partial charge in [-0.15, -0.1) is 23.5 Å². The van der Waals surface area contributed by atoms with Gasteiger partial charge in [0.15, 0.2) is 0 Å². The minimum Gasteiger partial charge on any atom is -0.341 e. The molecule has 2 aliphatic rings. The fourth-order valence-electron chi connectivity index (χ4n) is 4.77. The first-order valence-electron chi connectivity index (χ1n) is 9.96. The molecular weight excluding hydrogens is 431 g/mol. The minimum absolute atomic E-state index is 0.158. The van der Waals surface area contributed by atoms with E-state index in [9.17, 15) is 4.79 Å². The van der Waals surface area contributed by atoms with E-state index in [-0.39, 0.29) is 16.0 Å². The lowest BCUT2D eigenvalue weighted by Crippen LogP contribution is -2.62. The normalized spacial score (nSPS) is 25.0. The third kappa shape index (κ3) is 4.64. The van der Waals surface area contributed by atoms with Gasteiger partial charge in [-0.05, 0) is 75.4 Å². The van der Waals surface area contributed by atoms with Crippen LogP contribution in [0.15, 0.2) is 18.2 Å². The van der Waals surface area contributed by atoms with Crippen LogP contribution in [0.1, 0.15) is 37.7 Å². The summed E-state index contributed by atoms with van der Waals surface area (Å²) in [6.45, 7) is 2.30. The Hall–Kier alpha value is -0.0700. The van der Waals surface area contributed by atoms with Crippen molar-refractivity contribution in [3.8, 4) is 0 Å². The van der Waals surface area contributed by atoms with E-state index in [1.807, 2.05) is 47.6 Å². The molecule has 0 bridgehead atoms. The van der Waals surface area contributed by atoms with Crippen LogP contribution in [0.3, 0.4) is 0 Å². The molecule has 2 atom stereocenters. The summed E-state index contributed by atoms with van der Waals surface area (Å²) in [6, 6.07) is 6.13. The molecule has 1 amide bonds. The summed E-state index contributed by atoms with van der Waals surface area (Å²) in [7, 11) is 1.99. The zero-order chi connectivity index (χ0) is 20.3. The first kappa shape index (κ1) is 22.6. The molecular formula is C21H30Cl2N2OS2. The van der Waals surface area contributed by atoms with Gasteiger partial charge in [0, 0.05) is 13.1 Å². The SMILES string of the molecule is CSC1(SC)CCCC(N(C)C(=O)Cc2ccc(Cl)c(Cl)c2)C1N1CCCC1. The first-order chi connectivity index (χ1) is 13.4. The molecule has 7 heteroatoms. The molecule has 1 aliphatic heterocycles. The molecule has 0 aromatic heterocycles. The van der Waals surface area contributed by atoms with Crippen LogP contribution in [0.4, 0.5) is 0 Å². The monoisotopic (exact) mass is 460 g/mol. The molecule has 3 nitrogen and oxygen atoms in total. The van der Waals surface area contributed by atoms with Crippen molar-refractivity contribution in [1.29, 1.82) is 0 Å². The number of carbonyl (C=O) groups excluding carboxylic acids is 1. The van der Waals surface area contributed by atoms with Gasteiger partial charge in [-0.2, -0.15) is 0 Å². The van der Waals surface area contributed by atoms with Gasteiger partial charge in [0.2, 0.25) is 5.91 Å². The number of likely N-dealkylation sites (N-methyl/N-ethyl adjacent to an activating group) is 1. The number of likely N-dealkylation sites (tertiary alicyclic amines) is 1. The molecule has 2 fully saturated rings. The van der Waals surface area contributed by atoms with Gasteiger partial charge in [0.05, 0.1) is 26.6 Å². The van der Waals surface area contributed by atoms with E-state index in [1.165, 1.54) is 25.7 Å². The second-order valence-electron chi connectivity index (χ2n) is 7.80. The van der Waals surface area contributed by atoms with Crippen molar-refractivity contribution in [1.82, 2.24) is 9.80 Å². The summed E-state index contributed by atoms with van der Waals surface area (Å²) in [4.78, 5) is 17.8. The Morgan fingerprint density at radius 1 is 1.18 bits per heavy atom. The largest absolute Gasteiger partial charge is 0.341 e. The van der Waals surface area contributed by atoms with E-state index >= 15 is 0 Å². The maximum absolute atomic E-state index is 13.2. The summed E-state index contributed by atoms with van der Waals surface area (Å²) < 4.78 is 0.158. The van der Waals surface area contributed by atoms with Crippen molar-refractivity contribution in [2.45, 2.75) is 54.7 Å². The van der Waals surface area contributed by atoms with E-state index < -0.39 is 0 Å². The Bertz CT molecular complexity index is 693. The average Bonchev–Trinajstić information content (AvgIpc) is 3.23. The highest BCUT2D eigenvalue weighted by molar-refractivity contribution is 8.17. The highest BCUT2D eigenvalue weighted by Crippen LogP contribution is 2.50. The summed E-state index contributed by atoms with van der Waals surface area (Å²) >= 11 is 16.1. The lowest BCUT2D eigenvalue weighted by atomic mass is 9.86. The number of hydrogen-bond donors (Lipinski definition) is 0. The zero-order valence-electron chi connectivity index (χ0n) is 16.9. The number of amides is 1. The van der Waals surface area contributed by atoms with Crippen LogP contribution >= 0.6 is 46.7 Å². The topological polar surface area (TPSA) is 23.6 Å². The highest BCUT2D eigenvalue weighted by Gasteiger charge is 2.50. The van der Waals surface area contributed by atoms with Gasteiger partial charge >= 0.3 is 0 Å². The second-order valence-corrected chi connectivity index (χ2v) is 11.1. The molecule has 156 valence electrons. The number of hydrogen-bond acceptors (Lipinski definition) is 4. The fraction of sp³-hybridized carbons (Fsp3) is 0.667. The lowest BCUT2D eigenvalue weighted by Gasteiger charge is -2.52. The molecule has 1 saturated heterocycles. The summed E-state index contributed by atoms with van der Waals surface area (Å²) in [5.41, 5.74) is 0.917. The molecule has 0 radical (unpaired) electrons. The predicted molar refractivity (Wildman–Crippen MR) is 125 cm³/mol. The molecule has 1 saturated carbocycles. The van der Waals surface area contributed by atoms with Gasteiger partial charge in [-0.25, -0.2) is 0 Å². The Balaban J connectivity index is 1.81. The van der Waals surface area contributed by atoms with Crippen molar-refractivity contribution in [2.75, 3.05) is 32.6 Å². The average molecular weight is 462 g/mol. The number of nitrogens with zero attached hydrogens (tertiary/aromatic N) is 2. The molecule has 2 unspecified atom stereocenters. The molecule has 3 rings (SSSR count). The van der Waals surface area contributed by atoms with Gasteiger partial charge in [-0.3, -0.25) is 9.69 Å². The maximum Gasteiger partial charge on any atom is 0.227 e. The Morgan fingerprint density at radius 2 is 1.86 bits per heavy atom. The van der Waals surface area contributed by atoms with Crippen LogP contribution < -0.4 is 0 Å². The van der Waals surface area contributed by atoms with Crippen molar-refractivity contribution >= 4 is 52.6 Å². The number of thioether (sulfide) groups is 2. The van der Waals surface area contributed by atoms with E-state index in [2.05, 4.69) is 17.4 Å². The summed E-state index contributed by atoms with van der Waals surface area (Å²) in [5.74, 6) is 0.158. The molecule has 0 N–H and O–H groups in total. The number of benzene rings is 1. The van der Waals surface area contributed by atoms with Crippen LogP contribution in [0.25, 0.3) is 0 Å². The van der Waals surface area contributed by atoms with Crippen LogP contribution in [0, 0.1) is 0 Å². The second kappa shape index (κ2) is 9.82. The third-order valence-electron chi connectivity index (χ3n) is 6.30. The lowest BCUT2D eigenvalue weighted by molar-refractivity contribution is -0.133. The molecule has 1 aromatic carbocycles. The van der Waals surface area contributed by atoms with E-state index in [1.54, 1.807) is 6.07 Å². The molecule has 28 heavy (non-hydrogen) atoms. The third-order valence-corrected chi connectivity index (χ3v) is 10.3. The zero-order valence-corrected chi connectivity index (χ0v) is 20.1. The Kier molecular flexibility index (Phi) is 7.93. The minimum atomic E-state index is 0.158. The summed E-state index contributed by atoms with van der Waals surface area (Å²) in [5, 5.41) is 1.03. The van der Waals surface area contributed by atoms with Gasteiger partial charge in [0.25, 0.3) is 0 Å². The highest BCUT2D eigenvalue weighted by atomic mass is 35.5. The molecule has 0 spiro atoms. The van der Waals surface area contributed by atoms with Crippen LogP contribution in [-0.2, 0) is 11.2 Å². The van der Waals surface area contributed by atoms with Crippen LogP contribution in [0.5, 0.6) is 0 Å². The van der Waals surface area contributed by atoms with E-state index in [0.29, 0.717) is 22.5 Å². The van der Waals surface area contributed by atoms with Gasteiger partial charge < -0.3 is 4.90 Å². The van der Waals surface area contributed by atoms with Crippen LogP contribution in [0.2, 0.25) is 10.0 Å². The van der Waals surface area contributed by atoms with E-state index in [0.717, 1.165) is 25.1 Å². The van der Waals surface area contributed by atoms with Crippen molar-refractivity contribution < 1.29 is 4.79 Å². The standard InChI is InChI=1S/C21H30Cl2N2OS2/c1-24(19(26)14-15-8-9-16(22)17(23)13-15)18-7-6-10-21(27-2,28-3)20(18)25-11-4-5-12-25/h8-9,13,18,20H,4-7,10-12,14H2,1-3H3. The number of rotatable bonds is 6. The first-order valence-corrected chi connectivity index (χ1v) is 13.2. The Morgan fingerprint density at radius 3 is 2.46 bits per heavy atom. The van der Waals surface area contributed by atoms with Crippen molar-refractivity contribution in [3.05, 3.63) is 33.8 Å². The number of halogens is 2. The number of carbonyl (C=O) groups is 1. The summed E-state index contributed by atoms with van der Waals surface area (Å²) in [6.07, 6.45) is 10.8. The maximum atomic E-state index is 13.2. The Labute approximate surface area is 187 Å².